The normalized spacial score (nSPS) is 18.1. The van der Waals surface area contributed by atoms with Crippen LogP contribution < -0.4 is 4.90 Å². The second-order valence-corrected chi connectivity index (χ2v) is 5.98. The van der Waals surface area contributed by atoms with Gasteiger partial charge < -0.3 is 14.9 Å². The van der Waals surface area contributed by atoms with Crippen LogP contribution in [0, 0.1) is 6.92 Å². The maximum Gasteiger partial charge on any atom is 0.254 e. The van der Waals surface area contributed by atoms with Crippen molar-refractivity contribution in [2.75, 3.05) is 24.5 Å². The Hall–Kier alpha value is -2.56. The largest absolute Gasteiger partial charge is 0.508 e. The van der Waals surface area contributed by atoms with Crippen LogP contribution in [0.1, 0.15) is 23.0 Å². The third kappa shape index (κ3) is 3.28. The molecule has 2 aromatic rings. The summed E-state index contributed by atoms with van der Waals surface area (Å²) >= 11 is 0. The number of aromatic nitrogens is 1. The van der Waals surface area contributed by atoms with Crippen molar-refractivity contribution in [1.82, 2.24) is 9.88 Å². The van der Waals surface area contributed by atoms with Gasteiger partial charge in [0.25, 0.3) is 5.91 Å². The van der Waals surface area contributed by atoms with Crippen molar-refractivity contribution >= 4 is 11.7 Å². The van der Waals surface area contributed by atoms with Crippen molar-refractivity contribution in [3.8, 4) is 5.75 Å². The van der Waals surface area contributed by atoms with E-state index in [0.29, 0.717) is 12.1 Å². The fourth-order valence-corrected chi connectivity index (χ4v) is 2.98. The van der Waals surface area contributed by atoms with Crippen LogP contribution in [0.15, 0.2) is 42.5 Å². The number of carbonyl (C=O) groups excluding carboxylic acids is 1. The van der Waals surface area contributed by atoms with Crippen LogP contribution in [0.3, 0.4) is 0 Å². The lowest BCUT2D eigenvalue weighted by Gasteiger charge is -2.40. The fraction of sp³-hybridized carbons (Fsp3) is 0.333. The fourth-order valence-electron chi connectivity index (χ4n) is 2.98. The highest BCUT2D eigenvalue weighted by molar-refractivity contribution is 5.95. The number of rotatable bonds is 2. The highest BCUT2D eigenvalue weighted by Gasteiger charge is 2.28. The van der Waals surface area contributed by atoms with Crippen LogP contribution in [0.2, 0.25) is 0 Å². The summed E-state index contributed by atoms with van der Waals surface area (Å²) < 4.78 is 0. The number of aryl methyl sites for hydroxylation is 1. The van der Waals surface area contributed by atoms with Gasteiger partial charge in [0.15, 0.2) is 0 Å². The van der Waals surface area contributed by atoms with Gasteiger partial charge in [0.2, 0.25) is 0 Å². The van der Waals surface area contributed by atoms with Gasteiger partial charge in [0, 0.05) is 36.9 Å². The number of pyridine rings is 1. The molecule has 0 spiro atoms. The topological polar surface area (TPSA) is 56.7 Å². The molecule has 0 aliphatic carbocycles. The Balaban J connectivity index is 1.72. The summed E-state index contributed by atoms with van der Waals surface area (Å²) in [6.45, 7) is 6.18. The second-order valence-electron chi connectivity index (χ2n) is 5.98. The predicted octanol–water partition coefficient (Wildman–Crippen LogP) is 2.45. The molecule has 1 aliphatic heterocycles. The summed E-state index contributed by atoms with van der Waals surface area (Å²) in [7, 11) is 0. The zero-order valence-electron chi connectivity index (χ0n) is 13.4. The first-order valence-corrected chi connectivity index (χ1v) is 7.83. The Morgan fingerprint density at radius 1 is 1.22 bits per heavy atom. The highest BCUT2D eigenvalue weighted by atomic mass is 16.3. The Labute approximate surface area is 136 Å². The zero-order chi connectivity index (χ0) is 16.4. The molecule has 1 N–H and O–H groups in total. The first-order chi connectivity index (χ1) is 11.0. The van der Waals surface area contributed by atoms with Gasteiger partial charge >= 0.3 is 0 Å². The van der Waals surface area contributed by atoms with Gasteiger partial charge in [0.1, 0.15) is 11.6 Å². The van der Waals surface area contributed by atoms with Gasteiger partial charge in [-0.05, 0) is 44.2 Å². The number of benzene rings is 1. The van der Waals surface area contributed by atoms with E-state index in [4.69, 9.17) is 0 Å². The molecule has 0 saturated carbocycles. The van der Waals surface area contributed by atoms with Crippen molar-refractivity contribution in [3.63, 3.8) is 0 Å². The molecule has 5 nitrogen and oxygen atoms in total. The minimum atomic E-state index is -0.0368. The Morgan fingerprint density at radius 3 is 2.70 bits per heavy atom. The standard InChI is InChI=1S/C18H21N3O2/c1-13-5-3-8-17(19-13)20-9-10-21(14(2)12-20)18(23)15-6-4-7-16(22)11-15/h3-8,11,14,22H,9-10,12H2,1-2H3/t14-/m0/s1. The van der Waals surface area contributed by atoms with Crippen LogP contribution in [0.5, 0.6) is 5.75 Å². The third-order valence-corrected chi connectivity index (χ3v) is 4.18. The van der Waals surface area contributed by atoms with Crippen molar-refractivity contribution < 1.29 is 9.90 Å². The number of piperazine rings is 1. The molecule has 1 aromatic carbocycles. The number of phenols is 1. The van der Waals surface area contributed by atoms with Crippen molar-refractivity contribution in [3.05, 3.63) is 53.7 Å². The molecule has 1 amide bonds. The van der Waals surface area contributed by atoms with Gasteiger partial charge in [-0.1, -0.05) is 12.1 Å². The number of hydrogen-bond acceptors (Lipinski definition) is 4. The van der Waals surface area contributed by atoms with E-state index < -0.39 is 0 Å². The Morgan fingerprint density at radius 2 is 2.00 bits per heavy atom. The lowest BCUT2D eigenvalue weighted by atomic mass is 10.1. The summed E-state index contributed by atoms with van der Waals surface area (Å²) in [6.07, 6.45) is 0. The maximum absolute atomic E-state index is 12.6. The molecule has 1 aliphatic rings. The van der Waals surface area contributed by atoms with Gasteiger partial charge in [-0.3, -0.25) is 4.79 Å². The first-order valence-electron chi connectivity index (χ1n) is 7.83. The molecule has 0 radical (unpaired) electrons. The molecule has 1 fully saturated rings. The molecule has 23 heavy (non-hydrogen) atoms. The first kappa shape index (κ1) is 15.3. The SMILES string of the molecule is Cc1cccc(N2CCN(C(=O)c3cccc(O)c3)[C@@H](C)C2)n1. The number of carbonyl (C=O) groups is 1. The number of aromatic hydroxyl groups is 1. The number of anilines is 1. The zero-order valence-corrected chi connectivity index (χ0v) is 13.4. The number of amides is 1. The Kier molecular flexibility index (Phi) is 4.19. The molecule has 1 atom stereocenters. The van der Waals surface area contributed by atoms with Crippen LogP contribution in [0.4, 0.5) is 5.82 Å². The Bertz CT molecular complexity index is 717. The minimum absolute atomic E-state index is 0.0368. The molecular formula is C18H21N3O2. The molecular weight excluding hydrogens is 290 g/mol. The monoisotopic (exact) mass is 311 g/mol. The van der Waals surface area contributed by atoms with E-state index in [1.165, 1.54) is 6.07 Å². The van der Waals surface area contributed by atoms with Crippen molar-refractivity contribution in [2.45, 2.75) is 19.9 Å². The molecule has 0 bridgehead atoms. The van der Waals surface area contributed by atoms with Crippen molar-refractivity contribution in [1.29, 1.82) is 0 Å². The van der Waals surface area contributed by atoms with E-state index in [2.05, 4.69) is 9.88 Å². The summed E-state index contributed by atoms with van der Waals surface area (Å²) in [5, 5.41) is 9.56. The molecule has 5 heteroatoms. The van der Waals surface area contributed by atoms with E-state index >= 15 is 0 Å². The van der Waals surface area contributed by atoms with E-state index in [-0.39, 0.29) is 17.7 Å². The van der Waals surface area contributed by atoms with Gasteiger partial charge in [-0.15, -0.1) is 0 Å². The van der Waals surface area contributed by atoms with E-state index in [1.807, 2.05) is 36.9 Å². The number of phenolic OH excluding ortho intramolecular Hbond substituents is 1. The quantitative estimate of drug-likeness (QED) is 0.925. The summed E-state index contributed by atoms with van der Waals surface area (Å²) in [5.74, 6) is 1.04. The van der Waals surface area contributed by atoms with E-state index in [1.54, 1.807) is 18.2 Å². The molecule has 2 heterocycles. The van der Waals surface area contributed by atoms with E-state index in [9.17, 15) is 9.90 Å². The van der Waals surface area contributed by atoms with Gasteiger partial charge in [-0.25, -0.2) is 4.98 Å². The average molecular weight is 311 g/mol. The lowest BCUT2D eigenvalue weighted by Crippen LogP contribution is -2.54. The molecule has 120 valence electrons. The number of nitrogens with zero attached hydrogens (tertiary/aromatic N) is 3. The smallest absolute Gasteiger partial charge is 0.254 e. The van der Waals surface area contributed by atoms with Gasteiger partial charge in [0.05, 0.1) is 0 Å². The van der Waals surface area contributed by atoms with E-state index in [0.717, 1.165) is 24.6 Å². The van der Waals surface area contributed by atoms with Gasteiger partial charge in [-0.2, -0.15) is 0 Å². The minimum Gasteiger partial charge on any atom is -0.508 e. The molecule has 1 saturated heterocycles. The highest BCUT2D eigenvalue weighted by Crippen LogP contribution is 2.20. The second kappa shape index (κ2) is 6.28. The predicted molar refractivity (Wildman–Crippen MR) is 89.8 cm³/mol. The van der Waals surface area contributed by atoms with Crippen molar-refractivity contribution in [2.24, 2.45) is 0 Å². The molecule has 1 aromatic heterocycles. The van der Waals surface area contributed by atoms with Crippen LogP contribution in [-0.4, -0.2) is 46.6 Å². The van der Waals surface area contributed by atoms with Crippen LogP contribution in [-0.2, 0) is 0 Å². The average Bonchev–Trinajstić information content (AvgIpc) is 2.54. The number of hydrogen-bond donors (Lipinski definition) is 1. The summed E-state index contributed by atoms with van der Waals surface area (Å²) in [4.78, 5) is 21.3. The maximum atomic E-state index is 12.6. The summed E-state index contributed by atoms with van der Waals surface area (Å²) in [6, 6.07) is 12.6. The molecule has 3 rings (SSSR count). The third-order valence-electron chi connectivity index (χ3n) is 4.18. The van der Waals surface area contributed by atoms with Crippen LogP contribution in [0.25, 0.3) is 0 Å². The lowest BCUT2D eigenvalue weighted by molar-refractivity contribution is 0.0673. The molecule has 0 unspecified atom stereocenters. The van der Waals surface area contributed by atoms with Crippen LogP contribution >= 0.6 is 0 Å². The summed E-state index contributed by atoms with van der Waals surface area (Å²) in [5.41, 5.74) is 1.52.